The summed E-state index contributed by atoms with van der Waals surface area (Å²) in [4.78, 5) is 21.0. The van der Waals surface area contributed by atoms with Crippen LogP contribution in [0.2, 0.25) is 0 Å². The third-order valence-electron chi connectivity index (χ3n) is 4.81. The van der Waals surface area contributed by atoms with Crippen molar-refractivity contribution >= 4 is 13.8 Å². The van der Waals surface area contributed by atoms with E-state index >= 15 is 0 Å². The SMILES string of the molecule is CCCCCOc1cc(C#N)cc(OCCCCOP(=O)(O)O[C@H](CC(=O)O)C([O-])[N+](C)(C)C)c1. The number of nitriles is 1. The number of likely N-dealkylation sites (N-methyl/N-ethyl adjacent to an activating group) is 1. The topological polar surface area (TPSA) is 158 Å². The third kappa shape index (κ3) is 12.9. The van der Waals surface area contributed by atoms with Gasteiger partial charge in [-0.3, -0.25) is 13.8 Å². The van der Waals surface area contributed by atoms with E-state index in [9.17, 15) is 24.6 Å². The van der Waals surface area contributed by atoms with Crippen molar-refractivity contribution < 1.29 is 47.5 Å². The molecule has 3 atom stereocenters. The number of carboxylic acid groups (broad SMARTS) is 1. The molecule has 0 saturated carbocycles. The van der Waals surface area contributed by atoms with Gasteiger partial charge in [0, 0.05) is 12.3 Å². The predicted octanol–water partition coefficient (Wildman–Crippen LogP) is 2.66. The molecule has 0 aliphatic rings. The van der Waals surface area contributed by atoms with Crippen LogP contribution in [0.25, 0.3) is 0 Å². The van der Waals surface area contributed by atoms with Gasteiger partial charge in [0.2, 0.25) is 0 Å². The summed E-state index contributed by atoms with van der Waals surface area (Å²) in [7, 11) is -0.0312. The van der Waals surface area contributed by atoms with Gasteiger partial charge in [-0.25, -0.2) is 4.57 Å². The Labute approximate surface area is 207 Å². The molecule has 35 heavy (non-hydrogen) atoms. The van der Waals surface area contributed by atoms with Gasteiger partial charge in [-0.15, -0.1) is 0 Å². The molecule has 0 amide bonds. The highest BCUT2D eigenvalue weighted by molar-refractivity contribution is 7.47. The number of hydrogen-bond acceptors (Lipinski definition) is 8. The average molecular weight is 517 g/mol. The lowest BCUT2D eigenvalue weighted by atomic mass is 10.2. The van der Waals surface area contributed by atoms with E-state index in [4.69, 9.17) is 23.6 Å². The van der Waals surface area contributed by atoms with Crippen molar-refractivity contribution in [3.05, 3.63) is 23.8 Å². The van der Waals surface area contributed by atoms with Crippen molar-refractivity contribution in [3.8, 4) is 17.6 Å². The number of benzene rings is 1. The van der Waals surface area contributed by atoms with E-state index < -0.39 is 32.5 Å². The number of rotatable bonds is 18. The summed E-state index contributed by atoms with van der Waals surface area (Å²) >= 11 is 0. The fourth-order valence-electron chi connectivity index (χ4n) is 2.98. The molecule has 0 heterocycles. The molecule has 0 aliphatic heterocycles. The molecule has 0 fully saturated rings. The van der Waals surface area contributed by atoms with Gasteiger partial charge in [0.05, 0.1) is 59.0 Å². The van der Waals surface area contributed by atoms with Gasteiger partial charge in [0.15, 0.2) is 0 Å². The number of carbonyl (C=O) groups is 1. The molecule has 2 N–H and O–H groups in total. The zero-order valence-corrected chi connectivity index (χ0v) is 21.7. The van der Waals surface area contributed by atoms with Gasteiger partial charge in [-0.1, -0.05) is 19.8 Å². The maximum absolute atomic E-state index is 12.4. The first-order valence-electron chi connectivity index (χ1n) is 11.5. The van der Waals surface area contributed by atoms with Crippen LogP contribution in [0.15, 0.2) is 18.2 Å². The molecule has 0 aliphatic carbocycles. The molecule has 0 bridgehead atoms. The fourth-order valence-corrected chi connectivity index (χ4v) is 3.92. The number of hydrogen-bond donors (Lipinski definition) is 2. The summed E-state index contributed by atoms with van der Waals surface area (Å²) < 4.78 is 33.2. The highest BCUT2D eigenvalue weighted by Crippen LogP contribution is 2.45. The summed E-state index contributed by atoms with van der Waals surface area (Å²) in [6, 6.07) is 7.02. The quantitative estimate of drug-likeness (QED) is 0.129. The Bertz CT molecular complexity index is 883. The second-order valence-corrected chi connectivity index (χ2v) is 10.4. The zero-order valence-electron chi connectivity index (χ0n) is 20.8. The molecule has 0 saturated heterocycles. The largest absolute Gasteiger partial charge is 0.804 e. The van der Waals surface area contributed by atoms with E-state index in [0.717, 1.165) is 19.3 Å². The van der Waals surface area contributed by atoms with Crippen LogP contribution in [0.3, 0.4) is 0 Å². The van der Waals surface area contributed by atoms with Gasteiger partial charge >= 0.3 is 13.8 Å². The third-order valence-corrected chi connectivity index (χ3v) is 5.86. The average Bonchev–Trinajstić information content (AvgIpc) is 2.76. The van der Waals surface area contributed by atoms with Gasteiger partial charge in [-0.2, -0.15) is 5.26 Å². The molecular weight excluding hydrogens is 479 g/mol. The predicted molar refractivity (Wildman–Crippen MR) is 126 cm³/mol. The number of quaternary nitrogens is 1. The van der Waals surface area contributed by atoms with Gasteiger partial charge < -0.3 is 29.1 Å². The van der Waals surface area contributed by atoms with Crippen molar-refractivity contribution in [1.82, 2.24) is 0 Å². The summed E-state index contributed by atoms with van der Waals surface area (Å²) in [6.07, 6.45) is -0.0117. The van der Waals surface area contributed by atoms with E-state index in [2.05, 4.69) is 13.0 Å². The van der Waals surface area contributed by atoms with Crippen LogP contribution in [-0.2, 0) is 18.4 Å². The molecule has 198 valence electrons. The lowest BCUT2D eigenvalue weighted by Gasteiger charge is -2.42. The maximum atomic E-state index is 12.4. The Morgan fingerprint density at radius 3 is 2.11 bits per heavy atom. The van der Waals surface area contributed by atoms with Crippen LogP contribution in [0.1, 0.15) is 51.0 Å². The summed E-state index contributed by atoms with van der Waals surface area (Å²) in [5.74, 6) is -0.292. The second kappa shape index (κ2) is 15.0. The number of ether oxygens (including phenoxy) is 2. The van der Waals surface area contributed by atoms with Gasteiger partial charge in [0.25, 0.3) is 0 Å². The molecule has 0 radical (unpaired) electrons. The summed E-state index contributed by atoms with van der Waals surface area (Å²) in [6.45, 7) is 2.76. The Balaban J connectivity index is 2.50. The minimum absolute atomic E-state index is 0.158. The summed E-state index contributed by atoms with van der Waals surface area (Å²) in [5.41, 5.74) is 0.413. The van der Waals surface area contributed by atoms with Crippen LogP contribution in [0.5, 0.6) is 11.5 Å². The van der Waals surface area contributed by atoms with E-state index in [1.807, 2.05) is 0 Å². The van der Waals surface area contributed by atoms with E-state index in [1.54, 1.807) is 18.2 Å². The van der Waals surface area contributed by atoms with Crippen LogP contribution < -0.4 is 14.6 Å². The first-order chi connectivity index (χ1) is 16.4. The molecule has 0 spiro atoms. The number of phosphoric acid groups is 1. The Morgan fingerprint density at radius 1 is 1.09 bits per heavy atom. The number of nitrogens with zero attached hydrogens (tertiary/aromatic N) is 2. The molecule has 1 rings (SSSR count). The second-order valence-electron chi connectivity index (χ2n) is 8.97. The molecule has 2 unspecified atom stereocenters. The molecule has 11 nitrogen and oxygen atoms in total. The Kier molecular flexibility index (Phi) is 13.3. The van der Waals surface area contributed by atoms with Crippen molar-refractivity contribution in [2.75, 3.05) is 41.0 Å². The first-order valence-corrected chi connectivity index (χ1v) is 13.0. The monoisotopic (exact) mass is 516 g/mol. The van der Waals surface area contributed by atoms with E-state index in [1.165, 1.54) is 21.1 Å². The van der Waals surface area contributed by atoms with Crippen molar-refractivity contribution in [1.29, 1.82) is 5.26 Å². The summed E-state index contributed by atoms with van der Waals surface area (Å²) in [5, 5.41) is 30.6. The zero-order chi connectivity index (χ0) is 26.5. The lowest BCUT2D eigenvalue weighted by molar-refractivity contribution is -0.973. The fraction of sp³-hybridized carbons (Fsp3) is 0.652. The van der Waals surface area contributed by atoms with Crippen LogP contribution in [-0.4, -0.2) is 73.7 Å². The van der Waals surface area contributed by atoms with Crippen LogP contribution in [0, 0.1) is 11.3 Å². The maximum Gasteiger partial charge on any atom is 0.472 e. The van der Waals surface area contributed by atoms with Crippen molar-refractivity contribution in [3.63, 3.8) is 0 Å². The highest BCUT2D eigenvalue weighted by Gasteiger charge is 2.34. The molecule has 1 aromatic rings. The van der Waals surface area contributed by atoms with Gasteiger partial charge in [-0.05, 0) is 31.4 Å². The smallest absolute Gasteiger partial charge is 0.472 e. The number of aliphatic carboxylic acids is 1. The molecular formula is C23H37N2O9P. The normalized spacial score (nSPS) is 15.0. The highest BCUT2D eigenvalue weighted by atomic mass is 31.2. The Hall–Kier alpha value is -2.19. The van der Waals surface area contributed by atoms with Crippen LogP contribution >= 0.6 is 7.82 Å². The standard InChI is InChI=1S/C23H37N2O9P/c1-5-6-7-10-31-19-13-18(17-24)14-20(15-19)32-11-8-9-12-33-35(29,30)34-21(16-22(26)27)23(28)25(2,3)4/h13-15,21,23H,5-12,16H2,1-4H3,(H,26,27)(H,29,30)/t21-,23?/m1/s1. The molecule has 0 aromatic heterocycles. The van der Waals surface area contributed by atoms with Gasteiger partial charge in [0.1, 0.15) is 17.6 Å². The first kappa shape index (κ1) is 30.8. The van der Waals surface area contributed by atoms with E-state index in [-0.39, 0.29) is 17.7 Å². The molecule has 12 heteroatoms. The molecule has 1 aromatic carbocycles. The van der Waals surface area contributed by atoms with Crippen molar-refractivity contribution in [2.45, 2.75) is 57.8 Å². The minimum Gasteiger partial charge on any atom is -0.804 e. The van der Waals surface area contributed by atoms with Crippen LogP contribution in [0.4, 0.5) is 0 Å². The number of unbranched alkanes of at least 4 members (excludes halogenated alkanes) is 3. The lowest BCUT2D eigenvalue weighted by Crippen LogP contribution is -2.60. The van der Waals surface area contributed by atoms with Crippen molar-refractivity contribution in [2.24, 2.45) is 0 Å². The Morgan fingerprint density at radius 2 is 1.63 bits per heavy atom. The van der Waals surface area contributed by atoms with E-state index in [0.29, 0.717) is 36.5 Å². The minimum atomic E-state index is -4.64. The number of carboxylic acids is 1. The number of phosphoric ester groups is 1.